The second kappa shape index (κ2) is 8.02. The van der Waals surface area contributed by atoms with Gasteiger partial charge in [0, 0.05) is 5.02 Å². The van der Waals surface area contributed by atoms with Gasteiger partial charge in [-0.25, -0.2) is 0 Å². The van der Waals surface area contributed by atoms with Gasteiger partial charge >= 0.3 is 0 Å². The van der Waals surface area contributed by atoms with E-state index in [4.69, 9.17) is 28.6 Å². The van der Waals surface area contributed by atoms with E-state index in [1.807, 2.05) is 13.8 Å². The fourth-order valence-corrected chi connectivity index (χ4v) is 2.21. The Kier molecular flexibility index (Phi) is 6.04. The van der Waals surface area contributed by atoms with Crippen LogP contribution in [0.5, 0.6) is 5.75 Å². The first kappa shape index (κ1) is 18.1. The molecule has 8 nitrogen and oxygen atoms in total. The SMILES string of the molecule is COc1ccc(Cl)cc1C(=O)NC(=S)Nc1nnn(CC(C)C)n1. The molecule has 0 atom stereocenters. The molecule has 0 spiro atoms. The van der Waals surface area contributed by atoms with Crippen molar-refractivity contribution in [2.45, 2.75) is 20.4 Å². The standard InChI is InChI=1S/C14H17ClN6O2S/c1-8(2)7-21-19-13(18-20-21)17-14(24)16-12(22)10-6-9(15)4-5-11(10)23-3/h4-6,8H,7H2,1-3H3,(H2,16,17,19,22,24). The van der Waals surface area contributed by atoms with E-state index in [1.165, 1.54) is 18.0 Å². The summed E-state index contributed by atoms with van der Waals surface area (Å²) >= 11 is 11.0. The van der Waals surface area contributed by atoms with Crippen molar-refractivity contribution in [2.75, 3.05) is 12.4 Å². The van der Waals surface area contributed by atoms with E-state index in [1.54, 1.807) is 12.1 Å². The molecular weight excluding hydrogens is 352 g/mol. The average Bonchev–Trinajstić information content (AvgIpc) is 2.93. The molecule has 2 N–H and O–H groups in total. The Bertz CT molecular complexity index is 749. The van der Waals surface area contributed by atoms with Crippen molar-refractivity contribution in [3.05, 3.63) is 28.8 Å². The zero-order valence-electron chi connectivity index (χ0n) is 13.4. The Morgan fingerprint density at radius 1 is 1.46 bits per heavy atom. The van der Waals surface area contributed by atoms with Gasteiger partial charge in [0.2, 0.25) is 0 Å². The highest BCUT2D eigenvalue weighted by Gasteiger charge is 2.15. The van der Waals surface area contributed by atoms with Crippen LogP contribution >= 0.6 is 23.8 Å². The number of anilines is 1. The number of halogens is 1. The number of tetrazole rings is 1. The summed E-state index contributed by atoms with van der Waals surface area (Å²) in [4.78, 5) is 13.7. The van der Waals surface area contributed by atoms with Crippen LogP contribution in [0.2, 0.25) is 5.02 Å². The molecule has 10 heteroatoms. The van der Waals surface area contributed by atoms with Crippen molar-refractivity contribution in [1.82, 2.24) is 25.5 Å². The molecule has 128 valence electrons. The number of hydrogen-bond acceptors (Lipinski definition) is 6. The van der Waals surface area contributed by atoms with E-state index in [9.17, 15) is 4.79 Å². The van der Waals surface area contributed by atoms with Crippen LogP contribution in [0, 0.1) is 5.92 Å². The quantitative estimate of drug-likeness (QED) is 0.780. The molecule has 2 rings (SSSR count). The number of nitrogens with zero attached hydrogens (tertiary/aromatic N) is 4. The third-order valence-corrected chi connectivity index (χ3v) is 3.28. The fraction of sp³-hybridized carbons (Fsp3) is 0.357. The molecule has 2 aromatic rings. The van der Waals surface area contributed by atoms with Crippen LogP contribution in [0.15, 0.2) is 18.2 Å². The molecule has 0 saturated heterocycles. The monoisotopic (exact) mass is 368 g/mol. The molecular formula is C14H17ClN6O2S. The zero-order valence-corrected chi connectivity index (χ0v) is 15.0. The lowest BCUT2D eigenvalue weighted by atomic mass is 10.2. The van der Waals surface area contributed by atoms with Gasteiger partial charge in [-0.15, -0.1) is 5.10 Å². The van der Waals surface area contributed by atoms with Crippen LogP contribution in [0.25, 0.3) is 0 Å². The molecule has 0 saturated carbocycles. The number of ether oxygens (including phenoxy) is 1. The van der Waals surface area contributed by atoms with E-state index in [0.29, 0.717) is 23.2 Å². The van der Waals surface area contributed by atoms with Crippen molar-refractivity contribution < 1.29 is 9.53 Å². The number of benzene rings is 1. The van der Waals surface area contributed by atoms with E-state index < -0.39 is 5.91 Å². The van der Waals surface area contributed by atoms with Gasteiger partial charge in [-0.3, -0.25) is 15.4 Å². The third-order valence-electron chi connectivity index (χ3n) is 2.84. The highest BCUT2D eigenvalue weighted by molar-refractivity contribution is 7.80. The summed E-state index contributed by atoms with van der Waals surface area (Å²) in [6.07, 6.45) is 0. The van der Waals surface area contributed by atoms with Crippen molar-refractivity contribution in [2.24, 2.45) is 5.92 Å². The van der Waals surface area contributed by atoms with Gasteiger partial charge in [0.05, 0.1) is 19.2 Å². The van der Waals surface area contributed by atoms with Crippen LogP contribution in [0.4, 0.5) is 5.95 Å². The lowest BCUT2D eigenvalue weighted by Gasteiger charge is -2.10. The second-order valence-electron chi connectivity index (χ2n) is 5.31. The fourth-order valence-electron chi connectivity index (χ4n) is 1.86. The Balaban J connectivity index is 2.00. The lowest BCUT2D eigenvalue weighted by molar-refractivity contribution is 0.0975. The normalized spacial score (nSPS) is 10.5. The van der Waals surface area contributed by atoms with Crippen LogP contribution in [0.1, 0.15) is 24.2 Å². The molecule has 24 heavy (non-hydrogen) atoms. The predicted octanol–water partition coefficient (Wildman–Crippen LogP) is 2.12. The van der Waals surface area contributed by atoms with E-state index in [-0.39, 0.29) is 16.6 Å². The number of carbonyl (C=O) groups is 1. The number of thiocarbonyl (C=S) groups is 1. The minimum absolute atomic E-state index is 0.0473. The molecule has 0 fully saturated rings. The number of carbonyl (C=O) groups excluding carboxylic acids is 1. The summed E-state index contributed by atoms with van der Waals surface area (Å²) in [6, 6.07) is 4.73. The first-order valence-corrected chi connectivity index (χ1v) is 7.91. The molecule has 0 unspecified atom stereocenters. The molecule has 0 radical (unpaired) electrons. The first-order valence-electron chi connectivity index (χ1n) is 7.12. The van der Waals surface area contributed by atoms with E-state index >= 15 is 0 Å². The number of nitrogens with one attached hydrogen (secondary N) is 2. The maximum absolute atomic E-state index is 12.3. The van der Waals surface area contributed by atoms with Gasteiger partial charge in [0.1, 0.15) is 5.75 Å². The summed E-state index contributed by atoms with van der Waals surface area (Å²) < 4.78 is 5.14. The van der Waals surface area contributed by atoms with Gasteiger partial charge in [-0.1, -0.05) is 30.5 Å². The first-order chi connectivity index (χ1) is 11.4. The Morgan fingerprint density at radius 2 is 2.21 bits per heavy atom. The summed E-state index contributed by atoms with van der Waals surface area (Å²) in [5.74, 6) is 0.523. The number of hydrogen-bond donors (Lipinski definition) is 2. The predicted molar refractivity (Wildman–Crippen MR) is 94.3 cm³/mol. The molecule has 1 aromatic carbocycles. The smallest absolute Gasteiger partial charge is 0.269 e. The maximum atomic E-state index is 12.3. The van der Waals surface area contributed by atoms with Gasteiger partial charge in [-0.2, -0.15) is 4.80 Å². The number of aromatic nitrogens is 4. The van der Waals surface area contributed by atoms with Crippen LogP contribution < -0.4 is 15.4 Å². The van der Waals surface area contributed by atoms with Gasteiger partial charge < -0.3 is 4.74 Å². The number of amides is 1. The topological polar surface area (TPSA) is 94.0 Å². The minimum Gasteiger partial charge on any atom is -0.496 e. The Morgan fingerprint density at radius 3 is 2.88 bits per heavy atom. The molecule has 1 aromatic heterocycles. The number of methoxy groups -OCH3 is 1. The largest absolute Gasteiger partial charge is 0.496 e. The second-order valence-corrected chi connectivity index (χ2v) is 6.16. The zero-order chi connectivity index (χ0) is 17.7. The Labute approximate surface area is 149 Å². The minimum atomic E-state index is -0.457. The van der Waals surface area contributed by atoms with E-state index in [0.717, 1.165) is 0 Å². The maximum Gasteiger partial charge on any atom is 0.269 e. The highest BCUT2D eigenvalue weighted by atomic mass is 35.5. The van der Waals surface area contributed by atoms with Crippen LogP contribution in [0.3, 0.4) is 0 Å². The third kappa shape index (κ3) is 4.87. The molecule has 0 bridgehead atoms. The van der Waals surface area contributed by atoms with Crippen molar-refractivity contribution in [3.63, 3.8) is 0 Å². The summed E-state index contributed by atoms with van der Waals surface area (Å²) in [5.41, 5.74) is 0.269. The van der Waals surface area contributed by atoms with Crippen LogP contribution in [-0.2, 0) is 6.54 Å². The van der Waals surface area contributed by atoms with Crippen LogP contribution in [-0.4, -0.2) is 38.3 Å². The van der Waals surface area contributed by atoms with Crippen molar-refractivity contribution in [1.29, 1.82) is 0 Å². The summed E-state index contributed by atoms with van der Waals surface area (Å²) in [5, 5.41) is 17.5. The Hall–Kier alpha value is -2.26. The van der Waals surface area contributed by atoms with Gasteiger partial charge in [0.25, 0.3) is 11.9 Å². The highest BCUT2D eigenvalue weighted by Crippen LogP contribution is 2.22. The molecule has 0 aliphatic carbocycles. The molecule has 0 aliphatic heterocycles. The lowest BCUT2D eigenvalue weighted by Crippen LogP contribution is -2.34. The molecule has 1 amide bonds. The van der Waals surface area contributed by atoms with Gasteiger partial charge in [-0.05, 0) is 41.5 Å². The summed E-state index contributed by atoms with van der Waals surface area (Å²) in [7, 11) is 1.47. The van der Waals surface area contributed by atoms with Crippen molar-refractivity contribution in [3.8, 4) is 5.75 Å². The number of rotatable bonds is 5. The molecule has 1 heterocycles. The average molecular weight is 369 g/mol. The summed E-state index contributed by atoms with van der Waals surface area (Å²) in [6.45, 7) is 4.72. The molecule has 0 aliphatic rings. The van der Waals surface area contributed by atoms with E-state index in [2.05, 4.69) is 26.0 Å². The van der Waals surface area contributed by atoms with Gasteiger partial charge in [0.15, 0.2) is 5.11 Å². The van der Waals surface area contributed by atoms with Crippen molar-refractivity contribution >= 4 is 40.8 Å².